The Morgan fingerprint density at radius 1 is 1.41 bits per heavy atom. The number of anilines is 2. The Morgan fingerprint density at radius 3 is 2.65 bits per heavy atom. The Balaban J connectivity index is 1.55. The van der Waals surface area contributed by atoms with E-state index in [1.54, 1.807) is 13.8 Å². The zero-order chi connectivity index (χ0) is 27.3. The smallest absolute Gasteiger partial charge is 0.323 e. The van der Waals surface area contributed by atoms with Crippen LogP contribution in [0.15, 0.2) is 6.33 Å². The number of nitrogens with one attached hydrogen (secondary N) is 1. The fourth-order valence-corrected chi connectivity index (χ4v) is 6.20. The lowest BCUT2D eigenvalue weighted by Gasteiger charge is -2.24. The van der Waals surface area contributed by atoms with Gasteiger partial charge in [0.15, 0.2) is 35.0 Å². The Bertz CT molecular complexity index is 1200. The van der Waals surface area contributed by atoms with E-state index in [0.29, 0.717) is 24.4 Å². The number of carbonyl (C=O) groups is 1. The zero-order valence-electron chi connectivity index (χ0n) is 21.1. The summed E-state index contributed by atoms with van der Waals surface area (Å²) >= 11 is 6.12. The van der Waals surface area contributed by atoms with Crippen LogP contribution >= 0.6 is 19.8 Å². The van der Waals surface area contributed by atoms with Crippen LogP contribution in [-0.4, -0.2) is 85.2 Å². The second-order valence-corrected chi connectivity index (χ2v) is 10.7. The van der Waals surface area contributed by atoms with E-state index < -0.39 is 49.9 Å². The van der Waals surface area contributed by atoms with Crippen LogP contribution in [0.2, 0.25) is 0 Å². The van der Waals surface area contributed by atoms with E-state index in [-0.39, 0.29) is 23.6 Å². The summed E-state index contributed by atoms with van der Waals surface area (Å²) in [6, 6.07) is -0.953. The lowest BCUT2D eigenvalue weighted by atomic mass is 10.1. The Labute approximate surface area is 218 Å². The number of ether oxygens (including phenoxy) is 2. The number of aromatic nitrogens is 4. The Hall–Kier alpha value is -2.09. The van der Waals surface area contributed by atoms with Crippen LogP contribution in [0, 0.1) is 0 Å². The quantitative estimate of drug-likeness (QED) is 0.205. The molecule has 4 N–H and O–H groups in total. The minimum atomic E-state index is -3.11. The Morgan fingerprint density at radius 2 is 2.08 bits per heavy atom. The lowest BCUT2D eigenvalue weighted by Crippen LogP contribution is -2.35. The zero-order valence-corrected chi connectivity index (χ0v) is 22.9. The summed E-state index contributed by atoms with van der Waals surface area (Å²) in [6.07, 6.45) is -3.76. The van der Waals surface area contributed by atoms with Crippen molar-refractivity contribution >= 4 is 48.7 Å². The molecule has 2 aliphatic rings. The van der Waals surface area contributed by atoms with Gasteiger partial charge in [-0.05, 0) is 34.6 Å². The molecule has 2 aromatic heterocycles. The van der Waals surface area contributed by atoms with Gasteiger partial charge in [0.1, 0.15) is 17.7 Å². The van der Waals surface area contributed by atoms with Crippen LogP contribution < -0.4 is 15.7 Å². The number of rotatable bonds is 11. The topological polar surface area (TPSA) is 167 Å². The van der Waals surface area contributed by atoms with Crippen LogP contribution in [-0.2, 0) is 23.4 Å². The van der Waals surface area contributed by atoms with Crippen molar-refractivity contribution in [2.75, 3.05) is 29.6 Å². The van der Waals surface area contributed by atoms with E-state index in [2.05, 4.69) is 20.0 Å². The van der Waals surface area contributed by atoms with Crippen molar-refractivity contribution in [3.8, 4) is 0 Å². The second kappa shape index (κ2) is 10.2. The van der Waals surface area contributed by atoms with Gasteiger partial charge in [0, 0.05) is 13.1 Å². The van der Waals surface area contributed by atoms with Gasteiger partial charge in [0.25, 0.3) is 8.18 Å². The van der Waals surface area contributed by atoms with Crippen LogP contribution in [0.3, 0.4) is 0 Å². The first-order chi connectivity index (χ1) is 17.4. The molecule has 3 heterocycles. The highest BCUT2D eigenvalue weighted by atomic mass is 35.5. The molecule has 16 heteroatoms. The highest BCUT2D eigenvalue weighted by molar-refractivity contribution is 7.36. The predicted octanol–water partition coefficient (Wildman–Crippen LogP) is 1.55. The monoisotopic (exact) mass is 563 g/mol. The number of fused-ring (bicyclic) bond motifs is 2. The van der Waals surface area contributed by atoms with Crippen LogP contribution in [0.5, 0.6) is 0 Å². The molecule has 206 valence electrons. The summed E-state index contributed by atoms with van der Waals surface area (Å²) in [5.41, 5.74) is 2.67. The molecule has 1 saturated heterocycles. The van der Waals surface area contributed by atoms with E-state index in [1.807, 2.05) is 18.7 Å². The van der Waals surface area contributed by atoms with Gasteiger partial charge in [-0.15, -0.1) is 11.6 Å². The maximum atomic E-state index is 15.8. The number of nitrogens with two attached hydrogens (primary N) is 1. The fourth-order valence-electron chi connectivity index (χ4n) is 4.66. The maximum absolute atomic E-state index is 15.8. The highest BCUT2D eigenvalue weighted by Gasteiger charge is 2.89. The summed E-state index contributed by atoms with van der Waals surface area (Å²) in [4.78, 5) is 26.8. The maximum Gasteiger partial charge on any atom is 0.323 e. The molecule has 1 aliphatic heterocycles. The number of esters is 1. The normalized spacial score (nSPS) is 30.4. The summed E-state index contributed by atoms with van der Waals surface area (Å²) in [5.74, 6) is -0.515. The molecule has 7 atom stereocenters. The fraction of sp³-hybridized carbons (Fsp3) is 0.714. The van der Waals surface area contributed by atoms with E-state index in [0.717, 1.165) is 0 Å². The van der Waals surface area contributed by atoms with Gasteiger partial charge >= 0.3 is 5.97 Å². The van der Waals surface area contributed by atoms with Crippen molar-refractivity contribution in [1.29, 1.82) is 0 Å². The number of hydrogen-bond acceptors (Lipinski definition) is 11. The second-order valence-electron chi connectivity index (χ2n) is 9.30. The van der Waals surface area contributed by atoms with Crippen molar-refractivity contribution in [1.82, 2.24) is 24.6 Å². The van der Waals surface area contributed by atoms with E-state index in [1.165, 1.54) is 17.8 Å². The van der Waals surface area contributed by atoms with E-state index >= 15 is 4.39 Å². The van der Waals surface area contributed by atoms with Gasteiger partial charge in [0.05, 0.1) is 18.3 Å². The molecule has 1 aliphatic carbocycles. The number of alkyl halides is 2. The minimum absolute atomic E-state index is 0.0310. The van der Waals surface area contributed by atoms with Crippen molar-refractivity contribution in [2.24, 2.45) is 0 Å². The first-order valence-electron chi connectivity index (χ1n) is 12.0. The van der Waals surface area contributed by atoms with Gasteiger partial charge < -0.3 is 29.7 Å². The SMILES string of the molecule is CCN(CC)c1nc(N)nc2c1ncn2[C@@H]1O[C@]2(CCl)C(O[PH](=O)N[C@@H](C)C(=O)OC(C)C)[C@]2(O)[C@@H]1F. The first-order valence-corrected chi connectivity index (χ1v) is 13.8. The molecule has 0 amide bonds. The lowest BCUT2D eigenvalue weighted by molar-refractivity contribution is -0.149. The first kappa shape index (κ1) is 27.9. The molecular weight excluding hydrogens is 532 g/mol. The van der Waals surface area contributed by atoms with Crippen LogP contribution in [0.4, 0.5) is 16.2 Å². The summed E-state index contributed by atoms with van der Waals surface area (Å²) < 4.78 is 46.1. The third-order valence-corrected chi connectivity index (χ3v) is 8.16. The minimum Gasteiger partial charge on any atom is -0.462 e. The molecule has 2 fully saturated rings. The number of imidazole rings is 1. The Kier molecular flexibility index (Phi) is 7.72. The number of hydrogen-bond donors (Lipinski definition) is 3. The van der Waals surface area contributed by atoms with Crippen LogP contribution in [0.25, 0.3) is 11.2 Å². The highest BCUT2D eigenvalue weighted by Crippen LogP contribution is 2.67. The number of halogens is 2. The molecule has 0 aromatic carbocycles. The third-order valence-electron chi connectivity index (χ3n) is 6.64. The average Bonchev–Trinajstić information content (AvgIpc) is 3.08. The molecule has 2 unspecified atom stereocenters. The van der Waals surface area contributed by atoms with Gasteiger partial charge in [0.2, 0.25) is 5.95 Å². The molecule has 0 spiro atoms. The van der Waals surface area contributed by atoms with Gasteiger partial charge in [-0.1, -0.05) is 0 Å². The van der Waals surface area contributed by atoms with E-state index in [4.69, 9.17) is 31.3 Å². The van der Waals surface area contributed by atoms with Crippen molar-refractivity contribution in [2.45, 2.75) is 76.5 Å². The summed E-state index contributed by atoms with van der Waals surface area (Å²) in [7, 11) is -3.11. The number of carbonyl (C=O) groups excluding carboxylic acids is 1. The molecule has 2 aromatic rings. The average molecular weight is 564 g/mol. The van der Waals surface area contributed by atoms with Gasteiger partial charge in [-0.25, -0.2) is 14.5 Å². The van der Waals surface area contributed by atoms with Crippen molar-refractivity contribution in [3.05, 3.63) is 6.33 Å². The number of nitrogens with zero attached hydrogens (tertiary/aromatic N) is 5. The number of nitrogen functional groups attached to an aromatic ring is 1. The number of aliphatic hydroxyl groups is 1. The van der Waals surface area contributed by atoms with E-state index in [9.17, 15) is 14.5 Å². The molecule has 1 saturated carbocycles. The standard InChI is InChI=1S/C21H32ClFN7O6P/c1-6-29(7-2)14-12-15(27-19(24)26-14)30(9-25-12)16-13(23)21(32)18(20(21,8-22)35-16)36-37(33)28-11(5)17(31)34-10(3)4/h9-11,13,16,18,32,37H,6-8H2,1-5H3,(H,28,33)(H2,24,26,27)/t11-,13+,16+,18?,20+,21+/m0/s1. The predicted molar refractivity (Wildman–Crippen MR) is 134 cm³/mol. The largest absolute Gasteiger partial charge is 0.462 e. The van der Waals surface area contributed by atoms with Gasteiger partial charge in [-0.3, -0.25) is 13.9 Å². The summed E-state index contributed by atoms with van der Waals surface area (Å²) in [6.45, 7) is 9.97. The van der Waals surface area contributed by atoms with Crippen molar-refractivity contribution < 1.29 is 32.9 Å². The molecule has 37 heavy (non-hydrogen) atoms. The molecule has 13 nitrogen and oxygen atoms in total. The molecule has 0 bridgehead atoms. The third kappa shape index (κ3) is 4.47. The van der Waals surface area contributed by atoms with Gasteiger partial charge in [-0.2, -0.15) is 9.97 Å². The molecule has 0 radical (unpaired) electrons. The van der Waals surface area contributed by atoms with Crippen molar-refractivity contribution in [3.63, 3.8) is 0 Å². The molecular formula is C21H32ClFN7O6P. The summed E-state index contributed by atoms with van der Waals surface area (Å²) in [5, 5.41) is 13.7. The van der Waals surface area contributed by atoms with Crippen LogP contribution in [0.1, 0.15) is 40.8 Å². The molecule has 4 rings (SSSR count).